The SMILES string of the molecule is COc1ccc(C(=O)C2CC3CCCC(C2)N3C(=O)OC(C)(C)C)cc1C#N. The highest BCUT2D eigenvalue weighted by Crippen LogP contribution is 2.39. The van der Waals surface area contributed by atoms with Gasteiger partial charge in [0.05, 0.1) is 12.7 Å². The van der Waals surface area contributed by atoms with Gasteiger partial charge in [-0.2, -0.15) is 5.26 Å². The van der Waals surface area contributed by atoms with E-state index in [9.17, 15) is 14.9 Å². The van der Waals surface area contributed by atoms with E-state index >= 15 is 0 Å². The number of carbonyl (C=O) groups excluding carboxylic acids is 2. The Morgan fingerprint density at radius 1 is 1.18 bits per heavy atom. The van der Waals surface area contributed by atoms with Gasteiger partial charge in [-0.25, -0.2) is 4.79 Å². The van der Waals surface area contributed by atoms with E-state index in [0.29, 0.717) is 29.7 Å². The van der Waals surface area contributed by atoms with Gasteiger partial charge in [0.15, 0.2) is 5.78 Å². The zero-order valence-electron chi connectivity index (χ0n) is 17.0. The second kappa shape index (κ2) is 7.83. The van der Waals surface area contributed by atoms with E-state index < -0.39 is 5.60 Å². The first kappa shape index (κ1) is 20.2. The second-order valence-electron chi connectivity index (χ2n) is 8.69. The molecule has 28 heavy (non-hydrogen) atoms. The average molecular weight is 384 g/mol. The lowest BCUT2D eigenvalue weighted by atomic mass is 9.75. The summed E-state index contributed by atoms with van der Waals surface area (Å²) in [5, 5.41) is 9.29. The van der Waals surface area contributed by atoms with Gasteiger partial charge in [-0.05, 0) is 71.1 Å². The number of Topliss-reactive ketones (excluding diaryl/α,β-unsaturated/α-hetero) is 1. The van der Waals surface area contributed by atoms with Crippen LogP contribution < -0.4 is 4.74 Å². The fourth-order valence-electron chi connectivity index (χ4n) is 4.39. The monoisotopic (exact) mass is 384 g/mol. The molecule has 2 bridgehead atoms. The fourth-order valence-corrected chi connectivity index (χ4v) is 4.39. The smallest absolute Gasteiger partial charge is 0.410 e. The Kier molecular flexibility index (Phi) is 5.64. The van der Waals surface area contributed by atoms with Crippen LogP contribution in [0.3, 0.4) is 0 Å². The van der Waals surface area contributed by atoms with Crippen molar-refractivity contribution in [1.29, 1.82) is 5.26 Å². The topological polar surface area (TPSA) is 79.6 Å². The second-order valence-corrected chi connectivity index (χ2v) is 8.69. The van der Waals surface area contributed by atoms with Crippen LogP contribution >= 0.6 is 0 Å². The molecule has 0 radical (unpaired) electrons. The Labute approximate surface area is 166 Å². The van der Waals surface area contributed by atoms with Gasteiger partial charge in [-0.1, -0.05) is 0 Å². The molecule has 1 aromatic carbocycles. The summed E-state index contributed by atoms with van der Waals surface area (Å²) in [4.78, 5) is 27.7. The third-order valence-corrected chi connectivity index (χ3v) is 5.55. The summed E-state index contributed by atoms with van der Waals surface area (Å²) < 4.78 is 10.8. The van der Waals surface area contributed by atoms with E-state index in [0.717, 1.165) is 19.3 Å². The minimum Gasteiger partial charge on any atom is -0.495 e. The minimum absolute atomic E-state index is 0.0324. The number of rotatable bonds is 3. The van der Waals surface area contributed by atoms with Crippen LogP contribution in [0.25, 0.3) is 0 Å². The number of fused-ring (bicyclic) bond motifs is 2. The number of amides is 1. The van der Waals surface area contributed by atoms with Crippen LogP contribution in [-0.4, -0.2) is 41.6 Å². The van der Waals surface area contributed by atoms with Crippen molar-refractivity contribution >= 4 is 11.9 Å². The van der Waals surface area contributed by atoms with Crippen molar-refractivity contribution in [2.75, 3.05) is 7.11 Å². The van der Waals surface area contributed by atoms with E-state index in [-0.39, 0.29) is 29.9 Å². The molecular formula is C22H28N2O4. The largest absolute Gasteiger partial charge is 0.495 e. The Morgan fingerprint density at radius 3 is 2.36 bits per heavy atom. The van der Waals surface area contributed by atoms with Crippen molar-refractivity contribution < 1.29 is 19.1 Å². The molecule has 0 spiro atoms. The maximum Gasteiger partial charge on any atom is 0.410 e. The molecule has 2 atom stereocenters. The molecule has 2 aliphatic heterocycles. The molecule has 1 amide bonds. The first-order chi connectivity index (χ1) is 13.2. The molecule has 0 saturated carbocycles. The summed E-state index contributed by atoms with van der Waals surface area (Å²) >= 11 is 0. The third-order valence-electron chi connectivity index (χ3n) is 5.55. The van der Waals surface area contributed by atoms with Gasteiger partial charge in [0.2, 0.25) is 0 Å². The average Bonchev–Trinajstić information content (AvgIpc) is 2.64. The van der Waals surface area contributed by atoms with E-state index in [1.54, 1.807) is 18.2 Å². The maximum atomic E-state index is 13.1. The van der Waals surface area contributed by atoms with Crippen LogP contribution in [0.15, 0.2) is 18.2 Å². The van der Waals surface area contributed by atoms with Gasteiger partial charge in [-0.3, -0.25) is 4.79 Å². The molecule has 2 heterocycles. The lowest BCUT2D eigenvalue weighted by molar-refractivity contribution is -0.0260. The predicted octanol–water partition coefficient (Wildman–Crippen LogP) is 4.32. The highest BCUT2D eigenvalue weighted by Gasteiger charge is 2.44. The van der Waals surface area contributed by atoms with Crippen LogP contribution in [0.1, 0.15) is 68.8 Å². The maximum absolute atomic E-state index is 13.1. The van der Waals surface area contributed by atoms with Crippen molar-refractivity contribution in [2.24, 2.45) is 5.92 Å². The van der Waals surface area contributed by atoms with Gasteiger partial charge < -0.3 is 14.4 Å². The lowest BCUT2D eigenvalue weighted by Crippen LogP contribution is -2.56. The van der Waals surface area contributed by atoms with Crippen LogP contribution in [0, 0.1) is 17.2 Å². The molecule has 2 fully saturated rings. The fraction of sp³-hybridized carbons (Fsp3) is 0.591. The standard InChI is InChI=1S/C22H28N2O4/c1-22(2,3)28-21(26)24-17-6-5-7-18(24)12-15(11-17)20(25)14-8-9-19(27-4)16(10-14)13-23/h8-10,15,17-18H,5-7,11-12H2,1-4H3. The van der Waals surface area contributed by atoms with Crippen LogP contribution in [0.4, 0.5) is 4.79 Å². The van der Waals surface area contributed by atoms with Crippen molar-refractivity contribution in [1.82, 2.24) is 4.90 Å². The molecule has 150 valence electrons. The van der Waals surface area contributed by atoms with Crippen molar-refractivity contribution in [2.45, 2.75) is 70.6 Å². The number of methoxy groups -OCH3 is 1. The molecular weight excluding hydrogens is 356 g/mol. The highest BCUT2D eigenvalue weighted by molar-refractivity contribution is 5.98. The molecule has 3 rings (SSSR count). The Bertz CT molecular complexity index is 792. The molecule has 2 saturated heterocycles. The molecule has 2 aliphatic rings. The van der Waals surface area contributed by atoms with Crippen molar-refractivity contribution in [3.8, 4) is 11.8 Å². The molecule has 0 aromatic heterocycles. The number of piperidine rings is 2. The van der Waals surface area contributed by atoms with Crippen molar-refractivity contribution in [3.05, 3.63) is 29.3 Å². The van der Waals surface area contributed by atoms with E-state index in [2.05, 4.69) is 6.07 Å². The summed E-state index contributed by atoms with van der Waals surface area (Å²) in [5.41, 5.74) is 0.361. The molecule has 1 aromatic rings. The van der Waals surface area contributed by atoms with Crippen LogP contribution in [0.2, 0.25) is 0 Å². The number of carbonyl (C=O) groups is 2. The summed E-state index contributed by atoms with van der Waals surface area (Å²) in [5.74, 6) is 0.365. The zero-order valence-corrected chi connectivity index (χ0v) is 17.0. The number of hydrogen-bond acceptors (Lipinski definition) is 5. The van der Waals surface area contributed by atoms with Gasteiger partial charge in [0.1, 0.15) is 17.4 Å². The predicted molar refractivity (Wildman–Crippen MR) is 104 cm³/mol. The minimum atomic E-state index is -0.533. The Hall–Kier alpha value is -2.55. The molecule has 2 unspecified atom stereocenters. The highest BCUT2D eigenvalue weighted by atomic mass is 16.6. The normalized spacial score (nSPS) is 24.2. The Morgan fingerprint density at radius 2 is 1.82 bits per heavy atom. The summed E-state index contributed by atoms with van der Waals surface area (Å²) in [7, 11) is 1.51. The van der Waals surface area contributed by atoms with Crippen molar-refractivity contribution in [3.63, 3.8) is 0 Å². The van der Waals surface area contributed by atoms with Gasteiger partial charge in [0, 0.05) is 23.6 Å². The first-order valence-corrected chi connectivity index (χ1v) is 9.87. The number of benzene rings is 1. The first-order valence-electron chi connectivity index (χ1n) is 9.87. The molecule has 6 nitrogen and oxygen atoms in total. The van der Waals surface area contributed by atoms with E-state index in [1.165, 1.54) is 7.11 Å². The number of ketones is 1. The third kappa shape index (κ3) is 4.14. The summed E-state index contributed by atoms with van der Waals surface area (Å²) in [6, 6.07) is 7.14. The van der Waals surface area contributed by atoms with Crippen LogP contribution in [-0.2, 0) is 4.74 Å². The number of nitrogens with zero attached hydrogens (tertiary/aromatic N) is 2. The van der Waals surface area contributed by atoms with Gasteiger partial charge >= 0.3 is 6.09 Å². The quantitative estimate of drug-likeness (QED) is 0.725. The molecule has 6 heteroatoms. The van der Waals surface area contributed by atoms with Crippen LogP contribution in [0.5, 0.6) is 5.75 Å². The summed E-state index contributed by atoms with van der Waals surface area (Å²) in [6.07, 6.45) is 3.86. The summed E-state index contributed by atoms with van der Waals surface area (Å²) in [6.45, 7) is 5.61. The Balaban J connectivity index is 1.77. The number of nitriles is 1. The molecule has 0 aliphatic carbocycles. The van der Waals surface area contributed by atoms with E-state index in [4.69, 9.17) is 9.47 Å². The number of hydrogen-bond donors (Lipinski definition) is 0. The molecule has 0 N–H and O–H groups in total. The lowest BCUT2D eigenvalue weighted by Gasteiger charge is -2.48. The number of ether oxygens (including phenoxy) is 2. The van der Waals surface area contributed by atoms with Gasteiger partial charge in [0.25, 0.3) is 0 Å². The van der Waals surface area contributed by atoms with E-state index in [1.807, 2.05) is 25.7 Å². The zero-order chi connectivity index (χ0) is 20.5. The van der Waals surface area contributed by atoms with Gasteiger partial charge in [-0.15, -0.1) is 0 Å².